The van der Waals surface area contributed by atoms with Crippen molar-refractivity contribution < 1.29 is 0 Å². The third-order valence-electron chi connectivity index (χ3n) is 4.73. The highest BCUT2D eigenvalue weighted by molar-refractivity contribution is 6.89. The van der Waals surface area contributed by atoms with Crippen LogP contribution in [0.3, 0.4) is 0 Å². The molecule has 0 N–H and O–H groups in total. The number of benzene rings is 2. The Balaban J connectivity index is 2.30. The van der Waals surface area contributed by atoms with Crippen LogP contribution < -0.4 is 5.19 Å². The Labute approximate surface area is 152 Å². The lowest BCUT2D eigenvalue weighted by Gasteiger charge is -2.24. The molecule has 0 saturated carbocycles. The molecular formula is C23H27NSi. The number of nitrogens with zero attached hydrogens (tertiary/aromatic N) is 1. The van der Waals surface area contributed by atoms with E-state index in [2.05, 4.69) is 95.1 Å². The molecule has 0 aliphatic rings. The van der Waals surface area contributed by atoms with Crippen molar-refractivity contribution in [1.82, 2.24) is 4.98 Å². The van der Waals surface area contributed by atoms with E-state index >= 15 is 0 Å². The Bertz CT molecular complexity index is 882. The monoisotopic (exact) mass is 345 g/mol. The van der Waals surface area contributed by atoms with Crippen LogP contribution in [0.15, 0.2) is 54.7 Å². The van der Waals surface area contributed by atoms with E-state index in [0.717, 1.165) is 5.69 Å². The van der Waals surface area contributed by atoms with Gasteiger partial charge in [-0.2, -0.15) is 0 Å². The first kappa shape index (κ1) is 17.6. The molecule has 3 rings (SSSR count). The number of aryl methyl sites for hydroxylation is 3. The van der Waals surface area contributed by atoms with E-state index in [1.807, 2.05) is 0 Å². The Hall–Kier alpha value is -2.19. The average molecular weight is 346 g/mol. The minimum Gasteiger partial charge on any atom is -0.256 e. The molecule has 1 nitrogen and oxygen atoms in total. The van der Waals surface area contributed by atoms with Crippen molar-refractivity contribution in [3.8, 4) is 22.4 Å². The third-order valence-corrected chi connectivity index (χ3v) is 6.74. The number of rotatable bonds is 3. The van der Waals surface area contributed by atoms with Gasteiger partial charge >= 0.3 is 0 Å². The fourth-order valence-corrected chi connectivity index (χ4v) is 5.09. The van der Waals surface area contributed by atoms with Crippen LogP contribution in [0.1, 0.15) is 16.7 Å². The van der Waals surface area contributed by atoms with E-state index in [0.29, 0.717) is 0 Å². The van der Waals surface area contributed by atoms with E-state index in [1.165, 1.54) is 38.6 Å². The molecule has 0 saturated heterocycles. The molecule has 3 aromatic rings. The Morgan fingerprint density at radius 2 is 1.40 bits per heavy atom. The zero-order chi connectivity index (χ0) is 18.2. The normalized spacial score (nSPS) is 11.6. The minimum absolute atomic E-state index is 1.05. The maximum Gasteiger partial charge on any atom is 0.0804 e. The number of aromatic nitrogens is 1. The fourth-order valence-electron chi connectivity index (χ4n) is 3.63. The zero-order valence-electron chi connectivity index (χ0n) is 16.1. The van der Waals surface area contributed by atoms with Crippen LogP contribution in [0.5, 0.6) is 0 Å². The summed E-state index contributed by atoms with van der Waals surface area (Å²) in [4.78, 5) is 4.81. The highest BCUT2D eigenvalue weighted by Gasteiger charge is 2.23. The summed E-state index contributed by atoms with van der Waals surface area (Å²) in [5.74, 6) is 0. The molecule has 0 spiro atoms. The Morgan fingerprint density at radius 3 is 1.96 bits per heavy atom. The van der Waals surface area contributed by atoms with Crippen LogP contribution >= 0.6 is 0 Å². The van der Waals surface area contributed by atoms with Crippen LogP contribution in [0.2, 0.25) is 19.6 Å². The summed E-state index contributed by atoms with van der Waals surface area (Å²) in [6, 6.07) is 17.3. The first-order valence-electron chi connectivity index (χ1n) is 8.91. The zero-order valence-corrected chi connectivity index (χ0v) is 17.1. The smallest absolute Gasteiger partial charge is 0.0804 e. The van der Waals surface area contributed by atoms with Crippen LogP contribution in [-0.4, -0.2) is 13.1 Å². The predicted molar refractivity (Wildman–Crippen MR) is 112 cm³/mol. The van der Waals surface area contributed by atoms with Crippen molar-refractivity contribution in [3.63, 3.8) is 0 Å². The van der Waals surface area contributed by atoms with Gasteiger partial charge < -0.3 is 0 Å². The summed E-state index contributed by atoms with van der Waals surface area (Å²) in [5, 5.41) is 1.43. The van der Waals surface area contributed by atoms with E-state index in [-0.39, 0.29) is 0 Å². The predicted octanol–water partition coefficient (Wildman–Crippen LogP) is 5.89. The number of hydrogen-bond donors (Lipinski definition) is 0. The summed E-state index contributed by atoms with van der Waals surface area (Å²) in [6.07, 6.45) is 2.13. The second-order valence-electron chi connectivity index (χ2n) is 8.00. The SMILES string of the molecule is Cc1cc(C)c(-c2cc(-c3ccccc3)ncc2[Si](C)(C)C)c(C)c1. The maximum absolute atomic E-state index is 4.81. The molecule has 0 aliphatic carbocycles. The van der Waals surface area contributed by atoms with Gasteiger partial charge in [-0.15, -0.1) is 0 Å². The van der Waals surface area contributed by atoms with E-state index in [9.17, 15) is 0 Å². The van der Waals surface area contributed by atoms with E-state index < -0.39 is 8.07 Å². The van der Waals surface area contributed by atoms with Crippen LogP contribution in [-0.2, 0) is 0 Å². The number of hydrogen-bond acceptors (Lipinski definition) is 1. The van der Waals surface area contributed by atoms with Crippen LogP contribution in [0, 0.1) is 20.8 Å². The summed E-state index contributed by atoms with van der Waals surface area (Å²) in [7, 11) is -1.51. The second-order valence-corrected chi connectivity index (χ2v) is 13.0. The summed E-state index contributed by atoms with van der Waals surface area (Å²) in [6.45, 7) is 13.8. The molecule has 128 valence electrons. The molecule has 1 heterocycles. The topological polar surface area (TPSA) is 12.9 Å². The molecule has 2 aromatic carbocycles. The molecule has 0 radical (unpaired) electrons. The van der Waals surface area contributed by atoms with Gasteiger partial charge in [0, 0.05) is 11.8 Å². The highest BCUT2D eigenvalue weighted by atomic mass is 28.3. The molecule has 0 aliphatic heterocycles. The van der Waals surface area contributed by atoms with Gasteiger partial charge in [-0.05, 0) is 54.3 Å². The largest absolute Gasteiger partial charge is 0.256 e. The van der Waals surface area contributed by atoms with Crippen molar-refractivity contribution in [2.45, 2.75) is 40.4 Å². The fraction of sp³-hybridized carbons (Fsp3) is 0.261. The molecule has 1 aromatic heterocycles. The lowest BCUT2D eigenvalue weighted by Crippen LogP contribution is -2.39. The van der Waals surface area contributed by atoms with Gasteiger partial charge in [0.25, 0.3) is 0 Å². The van der Waals surface area contributed by atoms with Crippen molar-refractivity contribution in [2.24, 2.45) is 0 Å². The molecule has 0 bridgehead atoms. The maximum atomic E-state index is 4.81. The quantitative estimate of drug-likeness (QED) is 0.540. The van der Waals surface area contributed by atoms with Gasteiger partial charge in [0.05, 0.1) is 13.8 Å². The molecule has 0 atom stereocenters. The van der Waals surface area contributed by atoms with E-state index in [4.69, 9.17) is 4.98 Å². The number of pyridine rings is 1. The summed E-state index contributed by atoms with van der Waals surface area (Å²) < 4.78 is 0. The van der Waals surface area contributed by atoms with Crippen molar-refractivity contribution in [3.05, 3.63) is 71.4 Å². The highest BCUT2D eigenvalue weighted by Crippen LogP contribution is 2.31. The summed E-state index contributed by atoms with van der Waals surface area (Å²) in [5.41, 5.74) is 8.99. The van der Waals surface area contributed by atoms with Crippen LogP contribution in [0.4, 0.5) is 0 Å². The lowest BCUT2D eigenvalue weighted by atomic mass is 9.93. The molecule has 0 unspecified atom stereocenters. The molecule has 0 amide bonds. The van der Waals surface area contributed by atoms with Crippen LogP contribution in [0.25, 0.3) is 22.4 Å². The van der Waals surface area contributed by atoms with Gasteiger partial charge in [0.2, 0.25) is 0 Å². The summed E-state index contributed by atoms with van der Waals surface area (Å²) >= 11 is 0. The standard InChI is InChI=1S/C23H27NSi/c1-16-12-17(2)23(18(3)13-16)20-14-21(19-10-8-7-9-11-19)24-15-22(20)25(4,5)6/h7-15H,1-6H3. The van der Waals surface area contributed by atoms with Gasteiger partial charge in [0.1, 0.15) is 0 Å². The molecule has 25 heavy (non-hydrogen) atoms. The van der Waals surface area contributed by atoms with Gasteiger partial charge in [-0.1, -0.05) is 67.7 Å². The Kier molecular flexibility index (Phi) is 4.66. The van der Waals surface area contributed by atoms with Crippen molar-refractivity contribution in [1.29, 1.82) is 0 Å². The second kappa shape index (κ2) is 6.60. The lowest BCUT2D eigenvalue weighted by molar-refractivity contribution is 1.30. The average Bonchev–Trinajstić information content (AvgIpc) is 2.53. The van der Waals surface area contributed by atoms with Gasteiger partial charge in [-0.25, -0.2) is 0 Å². The van der Waals surface area contributed by atoms with Gasteiger partial charge in [-0.3, -0.25) is 4.98 Å². The van der Waals surface area contributed by atoms with Crippen molar-refractivity contribution >= 4 is 13.3 Å². The third kappa shape index (κ3) is 3.59. The first-order valence-corrected chi connectivity index (χ1v) is 12.4. The molecule has 2 heteroatoms. The minimum atomic E-state index is -1.51. The molecule has 0 fully saturated rings. The Morgan fingerprint density at radius 1 is 0.800 bits per heavy atom. The van der Waals surface area contributed by atoms with Gasteiger partial charge in [0.15, 0.2) is 0 Å². The van der Waals surface area contributed by atoms with Crippen molar-refractivity contribution in [2.75, 3.05) is 0 Å². The van der Waals surface area contributed by atoms with E-state index in [1.54, 1.807) is 0 Å². The first-order chi connectivity index (χ1) is 11.8. The molecular weight excluding hydrogens is 318 g/mol.